The third-order valence-electron chi connectivity index (χ3n) is 5.46. The molecule has 0 saturated carbocycles. The molecule has 4 nitrogen and oxygen atoms in total. The summed E-state index contributed by atoms with van der Waals surface area (Å²) in [5.41, 5.74) is 3.17. The lowest BCUT2D eigenvalue weighted by atomic mass is 9.74. The minimum atomic E-state index is 0.0822. The number of anilines is 1. The van der Waals surface area contributed by atoms with Crippen LogP contribution in [0.4, 0.5) is 10.5 Å². The standard InChI is InChI=1S/C20H31N3O/c1-15(2)21-18(24)22-12-10-20(11-13-22)14-23(19(3,4)5)17-9-7-6-8-16(17)20/h6-9,15H,10-14H2,1-5H3,(H,21,24). The van der Waals surface area contributed by atoms with Crippen LogP contribution in [0.1, 0.15) is 53.0 Å². The van der Waals surface area contributed by atoms with Gasteiger partial charge < -0.3 is 15.1 Å². The Kier molecular flexibility index (Phi) is 4.27. The highest BCUT2D eigenvalue weighted by atomic mass is 16.2. The Balaban J connectivity index is 1.80. The van der Waals surface area contributed by atoms with Gasteiger partial charge in [0.2, 0.25) is 0 Å². The summed E-state index contributed by atoms with van der Waals surface area (Å²) < 4.78 is 0. The van der Waals surface area contributed by atoms with Gasteiger partial charge in [0.25, 0.3) is 0 Å². The van der Waals surface area contributed by atoms with Crippen LogP contribution in [0.25, 0.3) is 0 Å². The number of para-hydroxylation sites is 1. The number of carbonyl (C=O) groups is 1. The molecule has 1 fully saturated rings. The first-order chi connectivity index (χ1) is 11.2. The molecule has 2 aliphatic heterocycles. The molecule has 24 heavy (non-hydrogen) atoms. The molecule has 0 radical (unpaired) electrons. The fraction of sp³-hybridized carbons (Fsp3) is 0.650. The summed E-state index contributed by atoms with van der Waals surface area (Å²) in [6.45, 7) is 13.6. The summed E-state index contributed by atoms with van der Waals surface area (Å²) in [4.78, 5) is 16.8. The largest absolute Gasteiger partial charge is 0.366 e. The van der Waals surface area contributed by atoms with Crippen LogP contribution < -0.4 is 10.2 Å². The molecule has 0 aromatic heterocycles. The van der Waals surface area contributed by atoms with E-state index in [0.29, 0.717) is 0 Å². The Labute approximate surface area is 146 Å². The van der Waals surface area contributed by atoms with E-state index in [0.717, 1.165) is 32.5 Å². The maximum absolute atomic E-state index is 12.3. The number of likely N-dealkylation sites (tertiary alicyclic amines) is 1. The number of nitrogens with zero attached hydrogens (tertiary/aromatic N) is 2. The minimum absolute atomic E-state index is 0.0822. The Morgan fingerprint density at radius 2 is 1.79 bits per heavy atom. The predicted molar refractivity (Wildman–Crippen MR) is 99.7 cm³/mol. The van der Waals surface area contributed by atoms with Crippen LogP contribution in [0.3, 0.4) is 0 Å². The highest BCUT2D eigenvalue weighted by Crippen LogP contribution is 2.49. The number of piperidine rings is 1. The van der Waals surface area contributed by atoms with Crippen LogP contribution in [0.5, 0.6) is 0 Å². The van der Waals surface area contributed by atoms with Crippen molar-refractivity contribution in [1.29, 1.82) is 0 Å². The Bertz CT molecular complexity index is 610. The fourth-order valence-electron chi connectivity index (χ4n) is 4.13. The zero-order chi connectivity index (χ0) is 17.5. The monoisotopic (exact) mass is 329 g/mol. The van der Waals surface area contributed by atoms with Gasteiger partial charge in [-0.2, -0.15) is 0 Å². The molecule has 4 heteroatoms. The summed E-state index contributed by atoms with van der Waals surface area (Å²) >= 11 is 0. The summed E-state index contributed by atoms with van der Waals surface area (Å²) in [6, 6.07) is 9.13. The van der Waals surface area contributed by atoms with Crippen LogP contribution in [0.15, 0.2) is 24.3 Å². The van der Waals surface area contributed by atoms with E-state index in [2.05, 4.69) is 55.3 Å². The number of amides is 2. The third-order valence-corrected chi connectivity index (χ3v) is 5.46. The summed E-state index contributed by atoms with van der Waals surface area (Å²) in [5.74, 6) is 0. The zero-order valence-corrected chi connectivity index (χ0v) is 15.7. The maximum atomic E-state index is 12.3. The van der Waals surface area contributed by atoms with E-state index in [4.69, 9.17) is 0 Å². The summed E-state index contributed by atoms with van der Waals surface area (Å²) in [5, 5.41) is 3.02. The second kappa shape index (κ2) is 5.98. The molecule has 2 amide bonds. The first kappa shape index (κ1) is 17.1. The second-order valence-corrected chi connectivity index (χ2v) is 8.65. The van der Waals surface area contributed by atoms with E-state index in [9.17, 15) is 4.79 Å². The van der Waals surface area contributed by atoms with Crippen molar-refractivity contribution in [1.82, 2.24) is 10.2 Å². The quantitative estimate of drug-likeness (QED) is 0.851. The first-order valence-corrected chi connectivity index (χ1v) is 9.16. The normalized spacial score (nSPS) is 19.8. The number of rotatable bonds is 1. The van der Waals surface area contributed by atoms with Crippen LogP contribution in [0, 0.1) is 0 Å². The van der Waals surface area contributed by atoms with Gasteiger partial charge in [-0.3, -0.25) is 0 Å². The topological polar surface area (TPSA) is 35.6 Å². The van der Waals surface area contributed by atoms with E-state index in [-0.39, 0.29) is 23.0 Å². The molecule has 2 heterocycles. The molecule has 1 aromatic rings. The van der Waals surface area contributed by atoms with Crippen LogP contribution in [0.2, 0.25) is 0 Å². The average molecular weight is 329 g/mol. The van der Waals surface area contributed by atoms with E-state index >= 15 is 0 Å². The van der Waals surface area contributed by atoms with Crippen molar-refractivity contribution in [2.75, 3.05) is 24.5 Å². The Morgan fingerprint density at radius 1 is 1.17 bits per heavy atom. The molecular weight excluding hydrogens is 298 g/mol. The van der Waals surface area contributed by atoms with Gasteiger partial charge in [0.15, 0.2) is 0 Å². The molecule has 1 saturated heterocycles. The third kappa shape index (κ3) is 2.99. The van der Waals surface area contributed by atoms with Gasteiger partial charge in [0.05, 0.1) is 0 Å². The summed E-state index contributed by atoms with van der Waals surface area (Å²) in [6.07, 6.45) is 2.09. The highest BCUT2D eigenvalue weighted by Gasteiger charge is 2.47. The van der Waals surface area contributed by atoms with Gasteiger partial charge >= 0.3 is 6.03 Å². The number of urea groups is 1. The van der Waals surface area contributed by atoms with Crippen molar-refractivity contribution in [3.05, 3.63) is 29.8 Å². The van der Waals surface area contributed by atoms with Crippen molar-refractivity contribution in [3.8, 4) is 0 Å². The smallest absolute Gasteiger partial charge is 0.317 e. The Morgan fingerprint density at radius 3 is 2.38 bits per heavy atom. The maximum Gasteiger partial charge on any atom is 0.317 e. The molecule has 0 atom stereocenters. The van der Waals surface area contributed by atoms with Crippen molar-refractivity contribution in [2.45, 2.75) is 64.5 Å². The zero-order valence-electron chi connectivity index (χ0n) is 15.7. The highest BCUT2D eigenvalue weighted by molar-refractivity contribution is 5.75. The molecule has 0 unspecified atom stereocenters. The van der Waals surface area contributed by atoms with Crippen molar-refractivity contribution in [3.63, 3.8) is 0 Å². The average Bonchev–Trinajstić information content (AvgIpc) is 2.83. The number of nitrogens with one attached hydrogen (secondary N) is 1. The molecule has 1 spiro atoms. The molecule has 0 bridgehead atoms. The lowest BCUT2D eigenvalue weighted by Gasteiger charge is -2.42. The number of fused-ring (bicyclic) bond motifs is 2. The van der Waals surface area contributed by atoms with Gasteiger partial charge in [0, 0.05) is 42.3 Å². The van der Waals surface area contributed by atoms with Gasteiger partial charge in [0.1, 0.15) is 0 Å². The van der Waals surface area contributed by atoms with Crippen LogP contribution in [-0.4, -0.2) is 42.1 Å². The van der Waals surface area contributed by atoms with Crippen LogP contribution >= 0.6 is 0 Å². The number of hydrogen-bond donors (Lipinski definition) is 1. The first-order valence-electron chi connectivity index (χ1n) is 9.16. The van der Waals surface area contributed by atoms with Crippen molar-refractivity contribution in [2.24, 2.45) is 0 Å². The molecule has 3 rings (SSSR count). The van der Waals surface area contributed by atoms with Gasteiger partial charge in [-0.05, 0) is 59.1 Å². The van der Waals surface area contributed by atoms with Crippen LogP contribution in [-0.2, 0) is 5.41 Å². The molecular formula is C20H31N3O. The lowest BCUT2D eigenvalue weighted by Crippen LogP contribution is -2.52. The fourth-order valence-corrected chi connectivity index (χ4v) is 4.13. The van der Waals surface area contributed by atoms with E-state index in [1.54, 1.807) is 0 Å². The van der Waals surface area contributed by atoms with E-state index in [1.807, 2.05) is 18.7 Å². The van der Waals surface area contributed by atoms with Gasteiger partial charge in [-0.15, -0.1) is 0 Å². The van der Waals surface area contributed by atoms with Crippen molar-refractivity contribution >= 4 is 11.7 Å². The second-order valence-electron chi connectivity index (χ2n) is 8.65. The lowest BCUT2D eigenvalue weighted by molar-refractivity contribution is 0.158. The summed E-state index contributed by atoms with van der Waals surface area (Å²) in [7, 11) is 0. The molecule has 0 aliphatic carbocycles. The minimum Gasteiger partial charge on any atom is -0.366 e. The van der Waals surface area contributed by atoms with Gasteiger partial charge in [-0.1, -0.05) is 18.2 Å². The molecule has 1 N–H and O–H groups in total. The number of carbonyl (C=O) groups excluding carboxylic acids is 1. The SMILES string of the molecule is CC(C)NC(=O)N1CCC2(CC1)CN(C(C)(C)C)c1ccccc12. The van der Waals surface area contributed by atoms with Crippen molar-refractivity contribution < 1.29 is 4.79 Å². The van der Waals surface area contributed by atoms with Gasteiger partial charge in [-0.25, -0.2) is 4.79 Å². The molecule has 132 valence electrons. The molecule has 1 aromatic carbocycles. The molecule has 2 aliphatic rings. The predicted octanol–water partition coefficient (Wildman–Crippen LogP) is 3.76. The Hall–Kier alpha value is -1.71. The van der Waals surface area contributed by atoms with E-state index in [1.165, 1.54) is 11.3 Å². The number of hydrogen-bond acceptors (Lipinski definition) is 2. The van der Waals surface area contributed by atoms with E-state index < -0.39 is 0 Å². The number of benzene rings is 1.